The van der Waals surface area contributed by atoms with E-state index in [1.165, 1.54) is 0 Å². The Balaban J connectivity index is 2.77. The van der Waals surface area contributed by atoms with Crippen LogP contribution in [0.5, 0.6) is 0 Å². The van der Waals surface area contributed by atoms with Crippen LogP contribution in [0.3, 0.4) is 0 Å². The molecule has 0 bridgehead atoms. The summed E-state index contributed by atoms with van der Waals surface area (Å²) in [4.78, 5) is 14.0. The third-order valence-electron chi connectivity index (χ3n) is 4.44. The van der Waals surface area contributed by atoms with Gasteiger partial charge in [0.15, 0.2) is 5.84 Å². The molecule has 0 aliphatic heterocycles. The van der Waals surface area contributed by atoms with E-state index in [0.717, 1.165) is 0 Å². The first-order chi connectivity index (χ1) is 7.70. The van der Waals surface area contributed by atoms with Crippen LogP contribution in [0.2, 0.25) is 0 Å². The number of likely N-dealkylation sites (N-methyl/N-ethyl adjacent to an activating group) is 1. The SMILES string of the molecule is CCN(CC(N)=NO)C(=O)C1C(C)(C)C1(C)C. The molecule has 1 fully saturated rings. The molecule has 0 aromatic heterocycles. The van der Waals surface area contributed by atoms with Gasteiger partial charge in [-0.3, -0.25) is 4.79 Å². The van der Waals surface area contributed by atoms with Gasteiger partial charge in [0.1, 0.15) is 0 Å². The molecule has 0 saturated heterocycles. The topological polar surface area (TPSA) is 78.9 Å². The van der Waals surface area contributed by atoms with E-state index in [9.17, 15) is 4.79 Å². The van der Waals surface area contributed by atoms with Crippen LogP contribution >= 0.6 is 0 Å². The lowest BCUT2D eigenvalue weighted by atomic mass is 10.0. The molecule has 3 N–H and O–H groups in total. The summed E-state index contributed by atoms with van der Waals surface area (Å²) in [6.07, 6.45) is 0. The zero-order valence-corrected chi connectivity index (χ0v) is 11.3. The van der Waals surface area contributed by atoms with E-state index in [2.05, 4.69) is 32.9 Å². The molecule has 1 aliphatic rings. The van der Waals surface area contributed by atoms with Crippen LogP contribution in [-0.2, 0) is 4.79 Å². The second-order valence-corrected chi connectivity index (χ2v) is 5.82. The van der Waals surface area contributed by atoms with Crippen LogP contribution in [0.25, 0.3) is 0 Å². The number of amides is 1. The normalized spacial score (nSPS) is 22.3. The van der Waals surface area contributed by atoms with E-state index >= 15 is 0 Å². The summed E-state index contributed by atoms with van der Waals surface area (Å²) >= 11 is 0. The van der Waals surface area contributed by atoms with Crippen LogP contribution in [0.1, 0.15) is 34.6 Å². The van der Waals surface area contributed by atoms with E-state index in [1.54, 1.807) is 4.90 Å². The first-order valence-corrected chi connectivity index (χ1v) is 5.95. The smallest absolute Gasteiger partial charge is 0.227 e. The van der Waals surface area contributed by atoms with Gasteiger partial charge in [-0.05, 0) is 17.8 Å². The summed E-state index contributed by atoms with van der Waals surface area (Å²) in [5.41, 5.74) is 5.48. The van der Waals surface area contributed by atoms with E-state index in [-0.39, 0.29) is 35.0 Å². The average Bonchev–Trinajstić information content (AvgIpc) is 2.64. The summed E-state index contributed by atoms with van der Waals surface area (Å²) in [5, 5.41) is 11.5. The Bertz CT molecular complexity index is 334. The Labute approximate surface area is 103 Å². The Hall–Kier alpha value is -1.26. The van der Waals surface area contributed by atoms with Gasteiger partial charge >= 0.3 is 0 Å². The summed E-state index contributed by atoms with van der Waals surface area (Å²) in [5.74, 6) is 0.173. The van der Waals surface area contributed by atoms with Crippen molar-refractivity contribution in [1.82, 2.24) is 4.90 Å². The van der Waals surface area contributed by atoms with Crippen molar-refractivity contribution in [3.63, 3.8) is 0 Å². The highest BCUT2D eigenvalue weighted by molar-refractivity contribution is 5.90. The second-order valence-electron chi connectivity index (χ2n) is 5.82. The number of amidine groups is 1. The molecule has 0 heterocycles. The predicted octanol–water partition coefficient (Wildman–Crippen LogP) is 1.26. The molecule has 1 amide bonds. The maximum absolute atomic E-state index is 12.4. The quantitative estimate of drug-likeness (QED) is 0.336. The van der Waals surface area contributed by atoms with Crippen molar-refractivity contribution in [2.45, 2.75) is 34.6 Å². The molecule has 0 atom stereocenters. The van der Waals surface area contributed by atoms with Gasteiger partial charge < -0.3 is 15.8 Å². The maximum Gasteiger partial charge on any atom is 0.227 e. The molecule has 5 nitrogen and oxygen atoms in total. The molecule has 0 aromatic rings. The van der Waals surface area contributed by atoms with Crippen LogP contribution in [0, 0.1) is 16.7 Å². The minimum Gasteiger partial charge on any atom is -0.409 e. The second kappa shape index (κ2) is 4.20. The molecule has 17 heavy (non-hydrogen) atoms. The van der Waals surface area contributed by atoms with Gasteiger partial charge in [0.05, 0.1) is 6.54 Å². The van der Waals surface area contributed by atoms with Crippen LogP contribution in [0.4, 0.5) is 0 Å². The highest BCUT2D eigenvalue weighted by Gasteiger charge is 2.68. The molecule has 1 saturated carbocycles. The molecule has 1 aliphatic carbocycles. The summed E-state index contributed by atoms with van der Waals surface area (Å²) in [6.45, 7) is 11.1. The first kappa shape index (κ1) is 13.8. The highest BCUT2D eigenvalue weighted by atomic mass is 16.4. The van der Waals surface area contributed by atoms with Crippen molar-refractivity contribution in [3.05, 3.63) is 0 Å². The predicted molar refractivity (Wildman–Crippen MR) is 66.7 cm³/mol. The Morgan fingerprint density at radius 2 is 1.82 bits per heavy atom. The molecule has 0 spiro atoms. The van der Waals surface area contributed by atoms with Gasteiger partial charge in [-0.2, -0.15) is 0 Å². The molecule has 0 unspecified atom stereocenters. The van der Waals surface area contributed by atoms with E-state index in [4.69, 9.17) is 10.9 Å². The molecule has 0 aromatic carbocycles. The number of hydrogen-bond acceptors (Lipinski definition) is 3. The van der Waals surface area contributed by atoms with Gasteiger partial charge in [-0.1, -0.05) is 32.9 Å². The Morgan fingerprint density at radius 3 is 2.12 bits per heavy atom. The molecule has 98 valence electrons. The zero-order valence-electron chi connectivity index (χ0n) is 11.3. The van der Waals surface area contributed by atoms with Crippen LogP contribution < -0.4 is 5.73 Å². The van der Waals surface area contributed by atoms with Gasteiger partial charge in [-0.15, -0.1) is 0 Å². The lowest BCUT2D eigenvalue weighted by Gasteiger charge is -2.21. The fourth-order valence-electron chi connectivity index (χ4n) is 2.57. The van der Waals surface area contributed by atoms with Crippen molar-refractivity contribution < 1.29 is 10.0 Å². The van der Waals surface area contributed by atoms with Crippen molar-refractivity contribution in [2.24, 2.45) is 27.6 Å². The largest absolute Gasteiger partial charge is 0.409 e. The van der Waals surface area contributed by atoms with E-state index < -0.39 is 0 Å². The zero-order chi connectivity index (χ0) is 13.4. The third kappa shape index (κ3) is 2.10. The minimum atomic E-state index is 0.0152. The molecule has 5 heteroatoms. The number of nitrogens with zero attached hydrogens (tertiary/aromatic N) is 2. The lowest BCUT2D eigenvalue weighted by Crippen LogP contribution is -2.40. The Kier molecular flexibility index (Phi) is 3.41. The average molecular weight is 241 g/mol. The number of rotatable bonds is 4. The van der Waals surface area contributed by atoms with Crippen LogP contribution in [-0.4, -0.2) is 34.9 Å². The summed E-state index contributed by atoms with van der Waals surface area (Å²) < 4.78 is 0. The molecule has 0 radical (unpaired) electrons. The first-order valence-electron chi connectivity index (χ1n) is 5.95. The Morgan fingerprint density at radius 1 is 1.35 bits per heavy atom. The van der Waals surface area contributed by atoms with Crippen molar-refractivity contribution in [3.8, 4) is 0 Å². The number of hydrogen-bond donors (Lipinski definition) is 2. The van der Waals surface area contributed by atoms with E-state index in [0.29, 0.717) is 6.54 Å². The number of nitrogens with two attached hydrogens (primary N) is 1. The molecule has 1 rings (SSSR count). The van der Waals surface area contributed by atoms with E-state index in [1.807, 2.05) is 6.92 Å². The third-order valence-corrected chi connectivity index (χ3v) is 4.44. The fraction of sp³-hybridized carbons (Fsp3) is 0.833. The van der Waals surface area contributed by atoms with Crippen molar-refractivity contribution in [1.29, 1.82) is 0 Å². The number of oxime groups is 1. The van der Waals surface area contributed by atoms with Gasteiger partial charge in [0.2, 0.25) is 5.91 Å². The number of carbonyl (C=O) groups is 1. The number of carbonyl (C=O) groups excluding carboxylic acids is 1. The molecular formula is C12H23N3O2. The van der Waals surface area contributed by atoms with Crippen molar-refractivity contribution >= 4 is 11.7 Å². The monoisotopic (exact) mass is 241 g/mol. The van der Waals surface area contributed by atoms with Crippen LogP contribution in [0.15, 0.2) is 5.16 Å². The van der Waals surface area contributed by atoms with Gasteiger partial charge in [-0.25, -0.2) is 0 Å². The van der Waals surface area contributed by atoms with Crippen molar-refractivity contribution in [2.75, 3.05) is 13.1 Å². The maximum atomic E-state index is 12.4. The standard InChI is InChI=1S/C12H23N3O2/c1-6-15(7-8(13)14-17)10(16)9-11(2,3)12(9,4)5/h9,17H,6-7H2,1-5H3,(H2,13,14). The summed E-state index contributed by atoms with van der Waals surface area (Å²) in [7, 11) is 0. The van der Waals surface area contributed by atoms with Gasteiger partial charge in [0, 0.05) is 12.5 Å². The lowest BCUT2D eigenvalue weighted by molar-refractivity contribution is -0.132. The highest BCUT2D eigenvalue weighted by Crippen LogP contribution is 2.68. The minimum absolute atomic E-state index is 0.0152. The van der Waals surface area contributed by atoms with Gasteiger partial charge in [0.25, 0.3) is 0 Å². The molecular weight excluding hydrogens is 218 g/mol. The fourth-order valence-corrected chi connectivity index (χ4v) is 2.57. The summed E-state index contributed by atoms with van der Waals surface area (Å²) in [6, 6.07) is 0.